The van der Waals surface area contributed by atoms with Crippen molar-refractivity contribution in [2.45, 2.75) is 6.42 Å². The molecule has 7 nitrogen and oxygen atoms in total. The molecule has 0 bridgehead atoms. The summed E-state index contributed by atoms with van der Waals surface area (Å²) in [5.41, 5.74) is 0.680. The van der Waals surface area contributed by atoms with E-state index in [-0.39, 0.29) is 18.2 Å². The third-order valence-electron chi connectivity index (χ3n) is 4.29. The molecule has 2 fully saturated rings. The van der Waals surface area contributed by atoms with Crippen LogP contribution in [0, 0.1) is 5.92 Å². The molecule has 0 N–H and O–H groups in total. The molecule has 1 atom stereocenters. The van der Waals surface area contributed by atoms with Gasteiger partial charge in [-0.1, -0.05) is 30.3 Å². The molecule has 2 aliphatic rings. The highest BCUT2D eigenvalue weighted by Gasteiger charge is 2.35. The van der Waals surface area contributed by atoms with E-state index in [1.165, 1.54) is 7.05 Å². The van der Waals surface area contributed by atoms with E-state index < -0.39 is 12.0 Å². The summed E-state index contributed by atoms with van der Waals surface area (Å²) in [6.07, 6.45) is 1.17. The van der Waals surface area contributed by atoms with Crippen molar-refractivity contribution >= 4 is 23.7 Å². The molecule has 132 valence electrons. The summed E-state index contributed by atoms with van der Waals surface area (Å²) in [7, 11) is 1.46. The summed E-state index contributed by atoms with van der Waals surface area (Å²) in [5.74, 6) is -0.859. The molecule has 0 spiro atoms. The molecule has 0 aliphatic carbocycles. The van der Waals surface area contributed by atoms with Crippen LogP contribution in [0.25, 0.3) is 5.76 Å². The van der Waals surface area contributed by atoms with Crippen LogP contribution in [0.15, 0.2) is 36.4 Å². The zero-order valence-electron chi connectivity index (χ0n) is 14.0. The third kappa shape index (κ3) is 3.88. The zero-order valence-corrected chi connectivity index (χ0v) is 14.0. The highest BCUT2D eigenvalue weighted by Crippen LogP contribution is 2.26. The first-order valence-electron chi connectivity index (χ1n) is 8.18. The van der Waals surface area contributed by atoms with Crippen LogP contribution in [0.1, 0.15) is 12.0 Å². The molecule has 2 heterocycles. The van der Waals surface area contributed by atoms with E-state index in [9.17, 15) is 14.4 Å². The van der Waals surface area contributed by atoms with Crippen molar-refractivity contribution in [1.29, 1.82) is 0 Å². The van der Waals surface area contributed by atoms with Crippen molar-refractivity contribution in [3.8, 4) is 0 Å². The van der Waals surface area contributed by atoms with E-state index in [0.29, 0.717) is 37.6 Å². The number of carbonyl (C=O) groups excluding carboxylic acids is 3. The summed E-state index contributed by atoms with van der Waals surface area (Å²) in [6, 6.07) is 9.08. The van der Waals surface area contributed by atoms with Crippen LogP contribution in [0.2, 0.25) is 0 Å². The van der Waals surface area contributed by atoms with Crippen LogP contribution < -0.4 is 0 Å². The first-order valence-corrected chi connectivity index (χ1v) is 8.18. The predicted molar refractivity (Wildman–Crippen MR) is 89.2 cm³/mol. The van der Waals surface area contributed by atoms with Crippen LogP contribution in [-0.4, -0.2) is 61.1 Å². The van der Waals surface area contributed by atoms with Crippen molar-refractivity contribution in [3.63, 3.8) is 0 Å². The number of ether oxygens (including phenoxy) is 2. The van der Waals surface area contributed by atoms with Gasteiger partial charge in [-0.05, 0) is 6.08 Å². The average molecular weight is 344 g/mol. The molecule has 25 heavy (non-hydrogen) atoms. The Hall–Kier alpha value is -2.67. The Bertz CT molecular complexity index is 695. The first-order chi connectivity index (χ1) is 12.1. The number of rotatable bonds is 3. The molecule has 7 heteroatoms. The Labute approximate surface area is 145 Å². The van der Waals surface area contributed by atoms with Gasteiger partial charge in [0.2, 0.25) is 11.8 Å². The van der Waals surface area contributed by atoms with Gasteiger partial charge in [-0.2, -0.15) is 0 Å². The highest BCUT2D eigenvalue weighted by molar-refractivity contribution is 6.04. The van der Waals surface area contributed by atoms with Gasteiger partial charge >= 0.3 is 6.09 Å². The quantitative estimate of drug-likeness (QED) is 0.613. The number of amides is 3. The van der Waals surface area contributed by atoms with Crippen LogP contribution in [0.4, 0.5) is 4.79 Å². The average Bonchev–Trinajstić information content (AvgIpc) is 2.89. The normalized spacial score (nSPS) is 21.6. The van der Waals surface area contributed by atoms with E-state index in [1.54, 1.807) is 23.1 Å². The van der Waals surface area contributed by atoms with E-state index in [2.05, 4.69) is 0 Å². The second-order valence-electron chi connectivity index (χ2n) is 5.97. The molecule has 1 aromatic rings. The Balaban J connectivity index is 1.83. The van der Waals surface area contributed by atoms with Gasteiger partial charge in [0.05, 0.1) is 19.1 Å². The van der Waals surface area contributed by atoms with Crippen molar-refractivity contribution in [1.82, 2.24) is 9.80 Å². The van der Waals surface area contributed by atoms with Gasteiger partial charge in [0, 0.05) is 32.1 Å². The van der Waals surface area contributed by atoms with Crippen LogP contribution in [-0.2, 0) is 19.1 Å². The van der Waals surface area contributed by atoms with Gasteiger partial charge in [0.25, 0.3) is 0 Å². The monoisotopic (exact) mass is 344 g/mol. The van der Waals surface area contributed by atoms with Crippen molar-refractivity contribution in [3.05, 3.63) is 42.0 Å². The summed E-state index contributed by atoms with van der Waals surface area (Å²) in [5, 5.41) is 0. The largest absolute Gasteiger partial charge is 0.415 e. The molecule has 0 radical (unpaired) electrons. The second kappa shape index (κ2) is 7.48. The first kappa shape index (κ1) is 17.2. The second-order valence-corrected chi connectivity index (χ2v) is 5.97. The number of carbonyl (C=O) groups is 3. The maximum absolute atomic E-state index is 12.4. The van der Waals surface area contributed by atoms with E-state index in [0.717, 1.165) is 4.90 Å². The summed E-state index contributed by atoms with van der Waals surface area (Å²) < 4.78 is 10.8. The van der Waals surface area contributed by atoms with Gasteiger partial charge in [-0.25, -0.2) is 4.79 Å². The summed E-state index contributed by atoms with van der Waals surface area (Å²) >= 11 is 0. The van der Waals surface area contributed by atoms with E-state index in [1.807, 2.05) is 18.2 Å². The van der Waals surface area contributed by atoms with Crippen molar-refractivity contribution in [2.75, 3.05) is 33.4 Å². The predicted octanol–water partition coefficient (Wildman–Crippen LogP) is 1.50. The lowest BCUT2D eigenvalue weighted by Gasteiger charge is -2.26. The van der Waals surface area contributed by atoms with Gasteiger partial charge < -0.3 is 14.4 Å². The van der Waals surface area contributed by atoms with Gasteiger partial charge in [0.15, 0.2) is 0 Å². The van der Waals surface area contributed by atoms with E-state index in [4.69, 9.17) is 9.47 Å². The molecule has 1 unspecified atom stereocenters. The lowest BCUT2D eigenvalue weighted by molar-refractivity contribution is -0.137. The zero-order chi connectivity index (χ0) is 17.8. The van der Waals surface area contributed by atoms with Crippen LogP contribution >= 0.6 is 0 Å². The van der Waals surface area contributed by atoms with E-state index >= 15 is 0 Å². The van der Waals surface area contributed by atoms with Gasteiger partial charge in [-0.3, -0.25) is 14.5 Å². The fraction of sp³-hybridized carbons (Fsp3) is 0.389. The highest BCUT2D eigenvalue weighted by atomic mass is 16.6. The molecule has 3 amide bonds. The SMILES string of the molecule is CN1C(=O)CC(/C=C(\OC(=O)N2CCOCC2)c2ccccc2)C1=O. The molecular weight excluding hydrogens is 324 g/mol. The molecule has 0 aromatic heterocycles. The smallest absolute Gasteiger partial charge is 0.410 e. The number of imide groups is 1. The third-order valence-corrected chi connectivity index (χ3v) is 4.29. The lowest BCUT2D eigenvalue weighted by atomic mass is 10.0. The van der Waals surface area contributed by atoms with Gasteiger partial charge in [-0.15, -0.1) is 0 Å². The van der Waals surface area contributed by atoms with Gasteiger partial charge in [0.1, 0.15) is 5.76 Å². The molecule has 3 rings (SSSR count). The number of nitrogens with zero attached hydrogens (tertiary/aromatic N) is 2. The van der Waals surface area contributed by atoms with Crippen LogP contribution in [0.5, 0.6) is 0 Å². The summed E-state index contributed by atoms with van der Waals surface area (Å²) in [4.78, 5) is 39.0. The topological polar surface area (TPSA) is 76.2 Å². The maximum Gasteiger partial charge on any atom is 0.415 e. The minimum atomic E-state index is -0.620. The Kier molecular flexibility index (Phi) is 5.14. The molecular formula is C18H20N2O5. The number of hydrogen-bond acceptors (Lipinski definition) is 5. The molecule has 0 saturated carbocycles. The Morgan fingerprint density at radius 2 is 1.88 bits per heavy atom. The molecule has 2 saturated heterocycles. The number of likely N-dealkylation sites (tertiary alicyclic amines) is 1. The Morgan fingerprint density at radius 3 is 2.48 bits per heavy atom. The minimum Gasteiger partial charge on any atom is -0.410 e. The van der Waals surface area contributed by atoms with Crippen molar-refractivity contribution in [2.24, 2.45) is 5.92 Å². The maximum atomic E-state index is 12.4. The summed E-state index contributed by atoms with van der Waals surface area (Å²) in [6.45, 7) is 1.87. The Morgan fingerprint density at radius 1 is 1.20 bits per heavy atom. The molecule has 1 aromatic carbocycles. The fourth-order valence-electron chi connectivity index (χ4n) is 2.79. The fourth-order valence-corrected chi connectivity index (χ4v) is 2.79. The van der Waals surface area contributed by atoms with Crippen molar-refractivity contribution < 1.29 is 23.9 Å². The van der Waals surface area contributed by atoms with Crippen LogP contribution in [0.3, 0.4) is 0 Å². The number of benzene rings is 1. The lowest BCUT2D eigenvalue weighted by Crippen LogP contribution is -2.40. The minimum absolute atomic E-state index is 0.0841. The number of hydrogen-bond donors (Lipinski definition) is 0. The molecule has 2 aliphatic heterocycles. The standard InChI is InChI=1S/C18H20N2O5/c1-19-16(21)12-14(17(19)22)11-15(13-5-3-2-4-6-13)25-18(23)20-7-9-24-10-8-20/h2-6,11,14H,7-10,12H2,1H3/b15-11-. The number of morpholine rings is 1.